The summed E-state index contributed by atoms with van der Waals surface area (Å²) in [5.74, 6) is 0.673. The van der Waals surface area contributed by atoms with Gasteiger partial charge < -0.3 is 14.2 Å². The first kappa shape index (κ1) is 18.8. The molecular formula is C21H31ClN2O. The third-order valence-electron chi connectivity index (χ3n) is 5.94. The lowest BCUT2D eigenvalue weighted by atomic mass is 9.89. The minimum atomic E-state index is 0. The topological polar surface area (TPSA) is 19.6 Å². The Labute approximate surface area is 157 Å². The van der Waals surface area contributed by atoms with Gasteiger partial charge in [0.1, 0.15) is 5.58 Å². The maximum absolute atomic E-state index is 5.74. The lowest BCUT2D eigenvalue weighted by Gasteiger charge is -2.33. The van der Waals surface area contributed by atoms with E-state index in [9.17, 15) is 0 Å². The summed E-state index contributed by atoms with van der Waals surface area (Å²) >= 11 is 0. The van der Waals surface area contributed by atoms with Gasteiger partial charge in [0.05, 0.1) is 6.26 Å². The van der Waals surface area contributed by atoms with Crippen LogP contribution in [0.15, 0.2) is 34.9 Å². The van der Waals surface area contributed by atoms with Gasteiger partial charge in [-0.1, -0.05) is 24.6 Å². The molecule has 2 aliphatic rings. The molecule has 4 rings (SSSR count). The molecular weight excluding hydrogens is 332 g/mol. The molecule has 1 aromatic carbocycles. The van der Waals surface area contributed by atoms with Crippen LogP contribution in [0.5, 0.6) is 0 Å². The third-order valence-corrected chi connectivity index (χ3v) is 5.94. The molecule has 0 unspecified atom stereocenters. The fourth-order valence-electron chi connectivity index (χ4n) is 4.48. The van der Waals surface area contributed by atoms with E-state index in [-0.39, 0.29) is 12.4 Å². The Bertz CT molecular complexity index is 642. The van der Waals surface area contributed by atoms with Gasteiger partial charge in [-0.3, -0.25) is 0 Å². The average molecular weight is 363 g/mol. The van der Waals surface area contributed by atoms with Crippen LogP contribution in [0, 0.1) is 0 Å². The van der Waals surface area contributed by atoms with E-state index in [1.807, 2.05) is 6.26 Å². The van der Waals surface area contributed by atoms with Crippen molar-refractivity contribution in [1.29, 1.82) is 0 Å². The molecule has 1 aromatic heterocycles. The van der Waals surface area contributed by atoms with Crippen molar-refractivity contribution < 1.29 is 4.42 Å². The molecule has 0 radical (unpaired) electrons. The van der Waals surface area contributed by atoms with E-state index in [0.717, 1.165) is 5.58 Å². The van der Waals surface area contributed by atoms with Crippen LogP contribution in [0.2, 0.25) is 0 Å². The Morgan fingerprint density at radius 2 is 1.56 bits per heavy atom. The fraction of sp³-hybridized carbons (Fsp3) is 0.619. The van der Waals surface area contributed by atoms with Crippen molar-refractivity contribution in [2.75, 3.05) is 39.3 Å². The second kappa shape index (κ2) is 9.07. The minimum Gasteiger partial charge on any atom is -0.464 e. The number of piperidine rings is 2. The summed E-state index contributed by atoms with van der Waals surface area (Å²) in [6.07, 6.45) is 10.1. The zero-order chi connectivity index (χ0) is 16.2. The van der Waals surface area contributed by atoms with Crippen LogP contribution in [0.3, 0.4) is 0 Å². The molecule has 0 aliphatic carbocycles. The zero-order valence-corrected chi connectivity index (χ0v) is 16.0. The standard InChI is InChI=1S/C21H30N2O.ClH/c1-4-11-22(12-5-1)13-6-14-23-15-9-18(10-16-23)20-17-24-21-8-3-2-7-19(20)21;/h2-3,7-8,17-18H,1,4-6,9-16H2;1H. The molecule has 0 saturated carbocycles. The summed E-state index contributed by atoms with van der Waals surface area (Å²) in [5, 5.41) is 1.32. The maximum atomic E-state index is 5.74. The van der Waals surface area contributed by atoms with Crippen molar-refractivity contribution in [3.05, 3.63) is 36.1 Å². The van der Waals surface area contributed by atoms with Gasteiger partial charge in [0, 0.05) is 10.9 Å². The Morgan fingerprint density at radius 3 is 2.32 bits per heavy atom. The van der Waals surface area contributed by atoms with Crippen LogP contribution in [-0.2, 0) is 0 Å². The molecule has 2 saturated heterocycles. The number of halogens is 1. The second-order valence-electron chi connectivity index (χ2n) is 7.56. The zero-order valence-electron chi connectivity index (χ0n) is 15.2. The van der Waals surface area contributed by atoms with Crippen LogP contribution < -0.4 is 0 Å². The Kier molecular flexibility index (Phi) is 6.80. The largest absolute Gasteiger partial charge is 0.464 e. The summed E-state index contributed by atoms with van der Waals surface area (Å²) in [7, 11) is 0. The molecule has 3 heterocycles. The van der Waals surface area contributed by atoms with Gasteiger partial charge in [-0.2, -0.15) is 0 Å². The molecule has 3 nitrogen and oxygen atoms in total. The number of furan rings is 1. The van der Waals surface area contributed by atoms with Gasteiger partial charge in [0.2, 0.25) is 0 Å². The first-order valence-corrected chi connectivity index (χ1v) is 9.81. The molecule has 0 bridgehead atoms. The predicted molar refractivity (Wildman–Crippen MR) is 107 cm³/mol. The van der Waals surface area contributed by atoms with Gasteiger partial charge in [-0.25, -0.2) is 0 Å². The quantitative estimate of drug-likeness (QED) is 0.753. The summed E-state index contributed by atoms with van der Waals surface area (Å²) in [6, 6.07) is 8.46. The number of hydrogen-bond acceptors (Lipinski definition) is 3. The van der Waals surface area contributed by atoms with Gasteiger partial charge in [0.15, 0.2) is 0 Å². The summed E-state index contributed by atoms with van der Waals surface area (Å²) < 4.78 is 5.74. The monoisotopic (exact) mass is 362 g/mol. The Hall–Kier alpha value is -1.03. The van der Waals surface area contributed by atoms with Crippen molar-refractivity contribution in [2.24, 2.45) is 0 Å². The van der Waals surface area contributed by atoms with Crippen molar-refractivity contribution in [2.45, 2.75) is 44.4 Å². The van der Waals surface area contributed by atoms with Crippen LogP contribution in [0.25, 0.3) is 11.0 Å². The Morgan fingerprint density at radius 1 is 0.880 bits per heavy atom. The molecule has 2 fully saturated rings. The lowest BCUT2D eigenvalue weighted by molar-refractivity contribution is 0.181. The average Bonchev–Trinajstić information content (AvgIpc) is 3.07. The highest BCUT2D eigenvalue weighted by molar-refractivity contribution is 5.85. The van der Waals surface area contributed by atoms with E-state index in [1.165, 1.54) is 88.7 Å². The fourth-order valence-corrected chi connectivity index (χ4v) is 4.48. The number of rotatable bonds is 5. The van der Waals surface area contributed by atoms with Crippen LogP contribution in [0.4, 0.5) is 0 Å². The van der Waals surface area contributed by atoms with Crippen molar-refractivity contribution in [1.82, 2.24) is 9.80 Å². The highest BCUT2D eigenvalue weighted by Crippen LogP contribution is 2.34. The highest BCUT2D eigenvalue weighted by Gasteiger charge is 2.23. The third kappa shape index (κ3) is 4.58. The number of nitrogens with zero attached hydrogens (tertiary/aromatic N) is 2. The van der Waals surface area contributed by atoms with E-state index in [1.54, 1.807) is 0 Å². The number of hydrogen-bond donors (Lipinski definition) is 0. The Balaban J connectivity index is 0.00000182. The predicted octanol–water partition coefficient (Wildman–Crippen LogP) is 4.91. The number of likely N-dealkylation sites (tertiary alicyclic amines) is 2. The molecule has 0 spiro atoms. The van der Waals surface area contributed by atoms with E-state index < -0.39 is 0 Å². The molecule has 0 atom stereocenters. The van der Waals surface area contributed by atoms with E-state index in [0.29, 0.717) is 5.92 Å². The molecule has 0 N–H and O–H groups in total. The molecule has 2 aliphatic heterocycles. The first-order chi connectivity index (χ1) is 11.9. The van der Waals surface area contributed by atoms with Crippen molar-refractivity contribution in [3.8, 4) is 0 Å². The molecule has 138 valence electrons. The van der Waals surface area contributed by atoms with Crippen LogP contribution in [0.1, 0.15) is 50.0 Å². The molecule has 4 heteroatoms. The summed E-state index contributed by atoms with van der Waals surface area (Å²) in [5.41, 5.74) is 2.47. The van der Waals surface area contributed by atoms with Crippen molar-refractivity contribution in [3.63, 3.8) is 0 Å². The number of fused-ring (bicyclic) bond motifs is 1. The molecule has 2 aromatic rings. The highest BCUT2D eigenvalue weighted by atomic mass is 35.5. The summed E-state index contributed by atoms with van der Waals surface area (Å²) in [6.45, 7) is 7.71. The summed E-state index contributed by atoms with van der Waals surface area (Å²) in [4.78, 5) is 5.33. The van der Waals surface area contributed by atoms with Crippen LogP contribution in [-0.4, -0.2) is 49.1 Å². The number of benzene rings is 1. The smallest absolute Gasteiger partial charge is 0.134 e. The van der Waals surface area contributed by atoms with Gasteiger partial charge >= 0.3 is 0 Å². The molecule has 0 amide bonds. The normalized spacial score (nSPS) is 20.6. The van der Waals surface area contributed by atoms with E-state index >= 15 is 0 Å². The second-order valence-corrected chi connectivity index (χ2v) is 7.56. The molecule has 25 heavy (non-hydrogen) atoms. The first-order valence-electron chi connectivity index (χ1n) is 9.81. The van der Waals surface area contributed by atoms with Crippen molar-refractivity contribution >= 4 is 23.4 Å². The number of para-hydroxylation sites is 1. The SMILES string of the molecule is Cl.c1ccc2c(C3CCN(CCCN4CCCCC4)CC3)coc2c1. The van der Waals surface area contributed by atoms with E-state index in [4.69, 9.17) is 4.42 Å². The van der Waals surface area contributed by atoms with Gasteiger partial charge in [0.25, 0.3) is 0 Å². The van der Waals surface area contributed by atoms with Gasteiger partial charge in [-0.05, 0) is 83.4 Å². The lowest BCUT2D eigenvalue weighted by Crippen LogP contribution is -2.36. The van der Waals surface area contributed by atoms with Gasteiger partial charge in [-0.15, -0.1) is 12.4 Å². The minimum absolute atomic E-state index is 0. The maximum Gasteiger partial charge on any atom is 0.134 e. The van der Waals surface area contributed by atoms with E-state index in [2.05, 4.69) is 34.1 Å². The van der Waals surface area contributed by atoms with Crippen LogP contribution >= 0.6 is 12.4 Å².